The maximum Gasteiger partial charge on any atom is 0.269 e. The van der Waals surface area contributed by atoms with Gasteiger partial charge in [-0.2, -0.15) is 5.10 Å². The van der Waals surface area contributed by atoms with Gasteiger partial charge in [-0.05, 0) is 36.6 Å². The number of hydrogen-bond donors (Lipinski definition) is 1. The van der Waals surface area contributed by atoms with Gasteiger partial charge in [-0.1, -0.05) is 30.3 Å². The molecule has 2 heterocycles. The van der Waals surface area contributed by atoms with E-state index < -0.39 is 11.6 Å². The lowest BCUT2D eigenvalue weighted by Gasteiger charge is -2.33. The molecule has 1 aliphatic rings. The first-order chi connectivity index (χ1) is 15.5. The number of rotatable bonds is 6. The van der Waals surface area contributed by atoms with Crippen molar-refractivity contribution in [2.75, 3.05) is 18.0 Å². The monoisotopic (exact) mass is 438 g/mol. The van der Waals surface area contributed by atoms with Gasteiger partial charge in [-0.3, -0.25) is 9.59 Å². The van der Waals surface area contributed by atoms with E-state index in [1.165, 1.54) is 4.68 Å². The molecule has 1 N–H and O–H groups in total. The predicted octanol–water partition coefficient (Wildman–Crippen LogP) is 3.10. The fourth-order valence-corrected chi connectivity index (χ4v) is 3.90. The van der Waals surface area contributed by atoms with Crippen molar-refractivity contribution >= 4 is 11.6 Å². The Kier molecular flexibility index (Phi) is 6.58. The fraction of sp³-hybridized carbons (Fsp3) is 0.292. The standard InChI is InChI=1S/C24H24F2N4O2/c25-20-8-9-22(26)19(11-20)13-27-24(32)18-7-4-10-29(16-18)21-12-23(31)30(28-14-21)15-17-5-2-1-3-6-17/h1-3,5-6,8-9,11-12,14,18H,4,7,10,13,15-16H2,(H,27,32). The van der Waals surface area contributed by atoms with E-state index in [4.69, 9.17) is 0 Å². The number of piperidine rings is 1. The van der Waals surface area contributed by atoms with Gasteiger partial charge in [0, 0.05) is 31.3 Å². The van der Waals surface area contributed by atoms with Crippen molar-refractivity contribution < 1.29 is 13.6 Å². The third kappa shape index (κ3) is 5.19. The molecule has 6 nitrogen and oxygen atoms in total. The van der Waals surface area contributed by atoms with E-state index in [1.54, 1.807) is 12.3 Å². The number of nitrogens with zero attached hydrogens (tertiary/aromatic N) is 3. The van der Waals surface area contributed by atoms with E-state index in [-0.39, 0.29) is 29.5 Å². The van der Waals surface area contributed by atoms with Crippen LogP contribution in [0.1, 0.15) is 24.0 Å². The smallest absolute Gasteiger partial charge is 0.269 e. The Labute approximate surface area is 184 Å². The van der Waals surface area contributed by atoms with Crippen molar-refractivity contribution in [3.05, 3.63) is 93.9 Å². The van der Waals surface area contributed by atoms with Gasteiger partial charge in [0.15, 0.2) is 0 Å². The third-order valence-electron chi connectivity index (χ3n) is 5.65. The molecule has 8 heteroatoms. The summed E-state index contributed by atoms with van der Waals surface area (Å²) in [5, 5.41) is 7.00. The van der Waals surface area contributed by atoms with Crippen LogP contribution in [0, 0.1) is 17.6 Å². The minimum absolute atomic E-state index is 0.0734. The van der Waals surface area contributed by atoms with Crippen LogP contribution in [0.15, 0.2) is 65.6 Å². The molecule has 1 aliphatic heterocycles. The second-order valence-corrected chi connectivity index (χ2v) is 7.93. The van der Waals surface area contributed by atoms with Crippen LogP contribution >= 0.6 is 0 Å². The molecule has 1 unspecified atom stereocenters. The Hall–Kier alpha value is -3.55. The Morgan fingerprint density at radius 2 is 1.94 bits per heavy atom. The summed E-state index contributed by atoms with van der Waals surface area (Å²) in [4.78, 5) is 27.2. The lowest BCUT2D eigenvalue weighted by Crippen LogP contribution is -2.43. The lowest BCUT2D eigenvalue weighted by atomic mass is 9.96. The SMILES string of the molecule is O=C(NCc1cc(F)ccc1F)C1CCCN(c2cnn(Cc3ccccc3)c(=O)c2)C1. The summed E-state index contributed by atoms with van der Waals surface area (Å²) in [5.74, 6) is -1.64. The number of anilines is 1. The number of nitrogens with one attached hydrogen (secondary N) is 1. The first kappa shape index (κ1) is 21.7. The molecule has 1 atom stereocenters. The zero-order valence-electron chi connectivity index (χ0n) is 17.5. The second-order valence-electron chi connectivity index (χ2n) is 7.93. The van der Waals surface area contributed by atoms with Gasteiger partial charge in [-0.15, -0.1) is 0 Å². The summed E-state index contributed by atoms with van der Waals surface area (Å²) < 4.78 is 28.5. The highest BCUT2D eigenvalue weighted by molar-refractivity contribution is 5.79. The van der Waals surface area contributed by atoms with Crippen molar-refractivity contribution in [3.63, 3.8) is 0 Å². The van der Waals surface area contributed by atoms with Crippen LogP contribution in [-0.2, 0) is 17.9 Å². The van der Waals surface area contributed by atoms with Crippen molar-refractivity contribution in [1.29, 1.82) is 0 Å². The van der Waals surface area contributed by atoms with Crippen molar-refractivity contribution in [2.24, 2.45) is 5.92 Å². The van der Waals surface area contributed by atoms with Gasteiger partial charge in [0.05, 0.1) is 24.3 Å². The first-order valence-corrected chi connectivity index (χ1v) is 10.6. The van der Waals surface area contributed by atoms with Gasteiger partial charge in [0.2, 0.25) is 5.91 Å². The molecule has 1 saturated heterocycles. The molecular weight excluding hydrogens is 414 g/mol. The maximum atomic E-state index is 13.8. The quantitative estimate of drug-likeness (QED) is 0.642. The van der Waals surface area contributed by atoms with Crippen LogP contribution < -0.4 is 15.8 Å². The molecule has 166 valence electrons. The van der Waals surface area contributed by atoms with E-state index in [2.05, 4.69) is 10.4 Å². The van der Waals surface area contributed by atoms with Crippen molar-refractivity contribution in [2.45, 2.75) is 25.9 Å². The largest absolute Gasteiger partial charge is 0.369 e. The van der Waals surface area contributed by atoms with Crippen LogP contribution in [0.3, 0.4) is 0 Å². The maximum absolute atomic E-state index is 13.8. The van der Waals surface area contributed by atoms with Crippen LogP contribution in [0.4, 0.5) is 14.5 Å². The second kappa shape index (κ2) is 9.72. The summed E-state index contributed by atoms with van der Waals surface area (Å²) in [6.45, 7) is 1.46. The molecule has 32 heavy (non-hydrogen) atoms. The number of carbonyl (C=O) groups is 1. The highest BCUT2D eigenvalue weighted by Crippen LogP contribution is 2.22. The number of halogens is 2. The molecule has 0 radical (unpaired) electrons. The zero-order chi connectivity index (χ0) is 22.5. The highest BCUT2D eigenvalue weighted by atomic mass is 19.1. The zero-order valence-corrected chi connectivity index (χ0v) is 17.5. The lowest BCUT2D eigenvalue weighted by molar-refractivity contribution is -0.125. The van der Waals surface area contributed by atoms with E-state index in [0.29, 0.717) is 31.7 Å². The minimum Gasteiger partial charge on any atom is -0.369 e. The Bertz CT molecular complexity index is 1150. The molecule has 4 rings (SSSR count). The number of amides is 1. The van der Waals surface area contributed by atoms with E-state index in [1.807, 2.05) is 35.2 Å². The number of benzene rings is 2. The van der Waals surface area contributed by atoms with Crippen molar-refractivity contribution in [1.82, 2.24) is 15.1 Å². The Morgan fingerprint density at radius 1 is 1.12 bits per heavy atom. The molecular formula is C24H24F2N4O2. The Balaban J connectivity index is 1.39. The number of aromatic nitrogens is 2. The summed E-state index contributed by atoms with van der Waals surface area (Å²) in [6.07, 6.45) is 3.11. The van der Waals surface area contributed by atoms with Gasteiger partial charge in [-0.25, -0.2) is 13.5 Å². The van der Waals surface area contributed by atoms with Gasteiger partial charge in [0.25, 0.3) is 5.56 Å². The predicted molar refractivity (Wildman–Crippen MR) is 117 cm³/mol. The van der Waals surface area contributed by atoms with Crippen LogP contribution in [-0.4, -0.2) is 28.8 Å². The molecule has 0 spiro atoms. The van der Waals surface area contributed by atoms with Gasteiger partial charge < -0.3 is 10.2 Å². The minimum atomic E-state index is -0.556. The van der Waals surface area contributed by atoms with Gasteiger partial charge >= 0.3 is 0 Å². The topological polar surface area (TPSA) is 67.2 Å². The molecule has 1 aromatic heterocycles. The fourth-order valence-electron chi connectivity index (χ4n) is 3.90. The van der Waals surface area contributed by atoms with E-state index >= 15 is 0 Å². The summed E-state index contributed by atoms with van der Waals surface area (Å²) in [6, 6.07) is 14.3. The molecule has 0 saturated carbocycles. The summed E-state index contributed by atoms with van der Waals surface area (Å²) in [7, 11) is 0. The molecule has 1 fully saturated rings. The molecule has 1 amide bonds. The van der Waals surface area contributed by atoms with Crippen LogP contribution in [0.2, 0.25) is 0 Å². The number of hydrogen-bond acceptors (Lipinski definition) is 4. The van der Waals surface area contributed by atoms with E-state index in [0.717, 1.165) is 30.2 Å². The molecule has 0 bridgehead atoms. The number of carbonyl (C=O) groups excluding carboxylic acids is 1. The molecule has 3 aromatic rings. The average molecular weight is 438 g/mol. The van der Waals surface area contributed by atoms with E-state index in [9.17, 15) is 18.4 Å². The Morgan fingerprint density at radius 3 is 2.72 bits per heavy atom. The summed E-state index contributed by atoms with van der Waals surface area (Å²) >= 11 is 0. The normalized spacial score (nSPS) is 16.1. The summed E-state index contributed by atoms with van der Waals surface area (Å²) in [5.41, 5.74) is 1.56. The molecule has 0 aliphatic carbocycles. The highest BCUT2D eigenvalue weighted by Gasteiger charge is 2.26. The van der Waals surface area contributed by atoms with Crippen LogP contribution in [0.5, 0.6) is 0 Å². The van der Waals surface area contributed by atoms with Gasteiger partial charge in [0.1, 0.15) is 11.6 Å². The first-order valence-electron chi connectivity index (χ1n) is 10.6. The average Bonchev–Trinajstić information content (AvgIpc) is 2.81. The van der Waals surface area contributed by atoms with Crippen molar-refractivity contribution in [3.8, 4) is 0 Å². The van der Waals surface area contributed by atoms with Crippen LogP contribution in [0.25, 0.3) is 0 Å². The molecule has 2 aromatic carbocycles. The third-order valence-corrected chi connectivity index (χ3v) is 5.65.